The first kappa shape index (κ1) is 10.7. The number of ketones is 1. The van der Waals surface area contributed by atoms with Crippen LogP contribution in [0, 0.1) is 0 Å². The third kappa shape index (κ3) is 2.22. The lowest BCUT2D eigenvalue weighted by molar-refractivity contribution is -0.116. The van der Waals surface area contributed by atoms with E-state index < -0.39 is 0 Å². The lowest BCUT2D eigenvalue weighted by Crippen LogP contribution is -1.95. The maximum atomic E-state index is 11.0. The molecule has 0 aliphatic carbocycles. The predicted molar refractivity (Wildman–Crippen MR) is 64.9 cm³/mol. The van der Waals surface area contributed by atoms with E-state index in [-0.39, 0.29) is 5.78 Å². The van der Waals surface area contributed by atoms with E-state index in [1.54, 1.807) is 14.0 Å². The van der Waals surface area contributed by atoms with Crippen molar-refractivity contribution >= 4 is 16.6 Å². The van der Waals surface area contributed by atoms with Crippen LogP contribution in [0.3, 0.4) is 0 Å². The minimum atomic E-state index is 0.188. The van der Waals surface area contributed by atoms with Crippen molar-refractivity contribution in [2.45, 2.75) is 13.3 Å². The molecule has 2 nitrogen and oxygen atoms in total. The Labute approximate surface area is 94.8 Å². The smallest absolute Gasteiger partial charge is 0.134 e. The summed E-state index contributed by atoms with van der Waals surface area (Å²) in [5.74, 6) is 1.04. The number of carbonyl (C=O) groups is 1. The third-order valence-electron chi connectivity index (χ3n) is 2.56. The summed E-state index contributed by atoms with van der Waals surface area (Å²) in [6, 6.07) is 12.0. The average molecular weight is 214 g/mol. The molecule has 0 fully saturated rings. The minimum absolute atomic E-state index is 0.188. The lowest BCUT2D eigenvalue weighted by Gasteiger charge is -2.04. The van der Waals surface area contributed by atoms with E-state index in [4.69, 9.17) is 4.74 Å². The quantitative estimate of drug-likeness (QED) is 0.785. The molecule has 0 atom stereocenters. The molecule has 0 aliphatic heterocycles. The van der Waals surface area contributed by atoms with Gasteiger partial charge in [0.25, 0.3) is 0 Å². The normalized spacial score (nSPS) is 10.4. The van der Waals surface area contributed by atoms with Crippen molar-refractivity contribution in [3.8, 4) is 5.75 Å². The molecule has 16 heavy (non-hydrogen) atoms. The summed E-state index contributed by atoms with van der Waals surface area (Å²) in [6.45, 7) is 1.61. The molecule has 82 valence electrons. The number of fused-ring (bicyclic) bond motifs is 1. The maximum absolute atomic E-state index is 11.0. The Hall–Kier alpha value is -1.83. The molecule has 0 aliphatic rings. The van der Waals surface area contributed by atoms with Crippen molar-refractivity contribution in [2.24, 2.45) is 0 Å². The summed E-state index contributed by atoms with van der Waals surface area (Å²) >= 11 is 0. The van der Waals surface area contributed by atoms with Crippen LogP contribution in [0.1, 0.15) is 12.5 Å². The molecule has 2 aromatic rings. The number of benzene rings is 2. The first-order valence-electron chi connectivity index (χ1n) is 5.25. The van der Waals surface area contributed by atoms with E-state index >= 15 is 0 Å². The Balaban J connectivity index is 2.43. The molecule has 0 N–H and O–H groups in total. The molecule has 0 saturated carbocycles. The van der Waals surface area contributed by atoms with Crippen molar-refractivity contribution < 1.29 is 9.53 Å². The standard InChI is InChI=1S/C14H14O2/c1-10(15)7-11-3-4-13-9-14(16-2)6-5-12(13)8-11/h3-6,8-9H,7H2,1-2H3. The number of ether oxygens (including phenoxy) is 1. The van der Waals surface area contributed by atoms with Crippen LogP contribution in [0.25, 0.3) is 10.8 Å². The van der Waals surface area contributed by atoms with Gasteiger partial charge in [-0.3, -0.25) is 4.79 Å². The van der Waals surface area contributed by atoms with Crippen molar-refractivity contribution in [2.75, 3.05) is 7.11 Å². The van der Waals surface area contributed by atoms with Gasteiger partial charge in [0.1, 0.15) is 11.5 Å². The van der Waals surface area contributed by atoms with Crippen LogP contribution in [0.15, 0.2) is 36.4 Å². The number of hydrogen-bond donors (Lipinski definition) is 0. The van der Waals surface area contributed by atoms with Gasteiger partial charge in [-0.25, -0.2) is 0 Å². The Morgan fingerprint density at radius 1 is 1.12 bits per heavy atom. The Morgan fingerprint density at radius 2 is 1.81 bits per heavy atom. The third-order valence-corrected chi connectivity index (χ3v) is 2.56. The van der Waals surface area contributed by atoms with Crippen LogP contribution in [-0.4, -0.2) is 12.9 Å². The minimum Gasteiger partial charge on any atom is -0.497 e. The Kier molecular flexibility index (Phi) is 2.91. The topological polar surface area (TPSA) is 26.3 Å². The molecule has 0 saturated heterocycles. The van der Waals surface area contributed by atoms with Gasteiger partial charge >= 0.3 is 0 Å². The zero-order chi connectivity index (χ0) is 11.5. The van der Waals surface area contributed by atoms with E-state index in [1.807, 2.05) is 30.3 Å². The average Bonchev–Trinajstić information content (AvgIpc) is 2.27. The van der Waals surface area contributed by atoms with Gasteiger partial charge in [-0.2, -0.15) is 0 Å². The molecule has 0 spiro atoms. The maximum Gasteiger partial charge on any atom is 0.134 e. The Bertz CT molecular complexity index is 529. The van der Waals surface area contributed by atoms with Crippen LogP contribution in [0.4, 0.5) is 0 Å². The molecule has 0 heterocycles. The molecule has 0 radical (unpaired) electrons. The highest BCUT2D eigenvalue weighted by atomic mass is 16.5. The van der Waals surface area contributed by atoms with Crippen molar-refractivity contribution in [1.29, 1.82) is 0 Å². The zero-order valence-electron chi connectivity index (χ0n) is 9.49. The number of hydrogen-bond acceptors (Lipinski definition) is 2. The molecule has 0 amide bonds. The number of Topliss-reactive ketones (excluding diaryl/α,β-unsaturated/α-hetero) is 1. The SMILES string of the molecule is COc1ccc2cc(CC(C)=O)ccc2c1. The summed E-state index contributed by atoms with van der Waals surface area (Å²) in [6.07, 6.45) is 0.502. The molecular weight excluding hydrogens is 200 g/mol. The molecule has 2 rings (SSSR count). The summed E-state index contributed by atoms with van der Waals surface area (Å²) in [4.78, 5) is 11.0. The van der Waals surface area contributed by atoms with E-state index in [0.717, 1.165) is 22.1 Å². The van der Waals surface area contributed by atoms with Crippen molar-refractivity contribution in [3.63, 3.8) is 0 Å². The van der Waals surface area contributed by atoms with Gasteiger partial charge in [0.2, 0.25) is 0 Å². The molecule has 2 heteroatoms. The monoisotopic (exact) mass is 214 g/mol. The second kappa shape index (κ2) is 4.35. The molecule has 0 aromatic heterocycles. The second-order valence-electron chi connectivity index (χ2n) is 3.93. The zero-order valence-corrected chi connectivity index (χ0v) is 9.49. The first-order valence-corrected chi connectivity index (χ1v) is 5.25. The van der Waals surface area contributed by atoms with Crippen LogP contribution >= 0.6 is 0 Å². The highest BCUT2D eigenvalue weighted by Crippen LogP contribution is 2.22. The number of rotatable bonds is 3. The van der Waals surface area contributed by atoms with E-state index in [9.17, 15) is 4.79 Å². The second-order valence-corrected chi connectivity index (χ2v) is 3.93. The fourth-order valence-corrected chi connectivity index (χ4v) is 1.80. The van der Waals surface area contributed by atoms with Gasteiger partial charge in [0.05, 0.1) is 7.11 Å². The highest BCUT2D eigenvalue weighted by molar-refractivity contribution is 5.86. The molecule has 2 aromatic carbocycles. The molecule has 0 bridgehead atoms. The first-order chi connectivity index (χ1) is 7.69. The van der Waals surface area contributed by atoms with Gasteiger partial charge in [-0.05, 0) is 35.4 Å². The largest absolute Gasteiger partial charge is 0.497 e. The van der Waals surface area contributed by atoms with Crippen molar-refractivity contribution in [1.82, 2.24) is 0 Å². The van der Waals surface area contributed by atoms with Crippen molar-refractivity contribution in [3.05, 3.63) is 42.0 Å². The van der Waals surface area contributed by atoms with Crippen LogP contribution in [0.5, 0.6) is 5.75 Å². The summed E-state index contributed by atoms with van der Waals surface area (Å²) in [7, 11) is 1.66. The fraction of sp³-hybridized carbons (Fsp3) is 0.214. The van der Waals surface area contributed by atoms with E-state index in [2.05, 4.69) is 6.07 Å². The molecular formula is C14H14O2. The number of carbonyl (C=O) groups excluding carboxylic acids is 1. The predicted octanol–water partition coefficient (Wildman–Crippen LogP) is 2.98. The van der Waals surface area contributed by atoms with Gasteiger partial charge in [0, 0.05) is 6.42 Å². The van der Waals surface area contributed by atoms with E-state index in [0.29, 0.717) is 6.42 Å². The summed E-state index contributed by atoms with van der Waals surface area (Å²) in [5.41, 5.74) is 1.06. The van der Waals surface area contributed by atoms with Gasteiger partial charge in [-0.1, -0.05) is 24.3 Å². The van der Waals surface area contributed by atoms with Gasteiger partial charge in [-0.15, -0.1) is 0 Å². The van der Waals surface area contributed by atoms with Crippen LogP contribution in [-0.2, 0) is 11.2 Å². The molecule has 0 unspecified atom stereocenters. The number of methoxy groups -OCH3 is 1. The lowest BCUT2D eigenvalue weighted by atomic mass is 10.0. The fourth-order valence-electron chi connectivity index (χ4n) is 1.80. The summed E-state index contributed by atoms with van der Waals surface area (Å²) < 4.78 is 5.16. The Morgan fingerprint density at radius 3 is 2.50 bits per heavy atom. The van der Waals surface area contributed by atoms with Crippen LogP contribution in [0.2, 0.25) is 0 Å². The summed E-state index contributed by atoms with van der Waals surface area (Å²) in [5, 5.41) is 2.27. The van der Waals surface area contributed by atoms with E-state index in [1.165, 1.54) is 0 Å². The van der Waals surface area contributed by atoms with Crippen LogP contribution < -0.4 is 4.74 Å². The highest BCUT2D eigenvalue weighted by Gasteiger charge is 2.00. The van der Waals surface area contributed by atoms with Gasteiger partial charge in [0.15, 0.2) is 0 Å². The van der Waals surface area contributed by atoms with Gasteiger partial charge < -0.3 is 4.74 Å².